The molecule has 1 unspecified atom stereocenters. The molecular weight excluding hydrogens is 320 g/mol. The molecule has 0 saturated heterocycles. The zero-order valence-electron chi connectivity index (χ0n) is 13.3. The molecule has 1 aliphatic heterocycles. The summed E-state index contributed by atoms with van der Waals surface area (Å²) in [5.74, 6) is 0.0438. The Hall–Kier alpha value is -2.81. The van der Waals surface area contributed by atoms with E-state index in [2.05, 4.69) is 4.74 Å². The highest BCUT2D eigenvalue weighted by Crippen LogP contribution is 2.32. The Morgan fingerprint density at radius 2 is 1.96 bits per heavy atom. The van der Waals surface area contributed by atoms with Gasteiger partial charge in [0.2, 0.25) is 13.6 Å². The van der Waals surface area contributed by atoms with E-state index < -0.39 is 24.9 Å². The number of nitrogens with zero attached hydrogens (tertiary/aromatic N) is 1. The van der Waals surface area contributed by atoms with Crippen LogP contribution in [0.4, 0.5) is 4.79 Å². The zero-order valence-corrected chi connectivity index (χ0v) is 13.3. The van der Waals surface area contributed by atoms with Crippen LogP contribution in [0.1, 0.15) is 17.3 Å². The molecule has 1 aromatic rings. The first kappa shape index (κ1) is 17.5. The van der Waals surface area contributed by atoms with Crippen molar-refractivity contribution >= 4 is 17.8 Å². The van der Waals surface area contributed by atoms with Crippen LogP contribution < -0.4 is 15.2 Å². The number of hydrogen-bond acceptors (Lipinski definition) is 8. The Labute approximate surface area is 138 Å². The summed E-state index contributed by atoms with van der Waals surface area (Å²) in [4.78, 5) is 36.3. The molecule has 0 fully saturated rings. The lowest BCUT2D eigenvalue weighted by atomic mass is 10.0. The van der Waals surface area contributed by atoms with Gasteiger partial charge in [-0.25, -0.2) is 4.79 Å². The number of amides is 1. The summed E-state index contributed by atoms with van der Waals surface area (Å²) in [5.41, 5.74) is 5.43. The number of carbonyl (C=O) groups is 3. The summed E-state index contributed by atoms with van der Waals surface area (Å²) in [6.07, 6.45) is -0.804. The van der Waals surface area contributed by atoms with Crippen molar-refractivity contribution in [3.8, 4) is 11.5 Å². The Morgan fingerprint density at radius 1 is 1.25 bits per heavy atom. The number of fused-ring (bicyclic) bond motifs is 1. The Bertz CT molecular complexity index is 647. The molecule has 2 rings (SSSR count). The molecule has 0 spiro atoms. The number of ether oxygens (including phenoxy) is 4. The summed E-state index contributed by atoms with van der Waals surface area (Å²) < 4.78 is 19.7. The van der Waals surface area contributed by atoms with Crippen LogP contribution in [0.2, 0.25) is 0 Å². The van der Waals surface area contributed by atoms with Crippen LogP contribution in [0.5, 0.6) is 11.5 Å². The van der Waals surface area contributed by atoms with E-state index in [9.17, 15) is 14.4 Å². The Balaban J connectivity index is 1.94. The van der Waals surface area contributed by atoms with Crippen molar-refractivity contribution in [1.82, 2.24) is 4.90 Å². The number of rotatable bonds is 6. The number of Topliss-reactive ketones (excluding diaryl/α,β-unsaturated/α-hetero) is 1. The molecule has 0 aliphatic carbocycles. The Morgan fingerprint density at radius 3 is 2.67 bits per heavy atom. The lowest BCUT2D eigenvalue weighted by Crippen LogP contribution is -2.41. The van der Waals surface area contributed by atoms with Crippen molar-refractivity contribution in [3.05, 3.63) is 23.8 Å². The Kier molecular flexibility index (Phi) is 5.59. The molecule has 1 heterocycles. The van der Waals surface area contributed by atoms with E-state index in [1.54, 1.807) is 25.1 Å². The predicted molar refractivity (Wildman–Crippen MR) is 80.6 cm³/mol. The molecule has 1 aliphatic rings. The number of carbonyl (C=O) groups excluding carboxylic acids is 3. The van der Waals surface area contributed by atoms with Gasteiger partial charge in [0.05, 0.1) is 12.6 Å². The normalized spacial score (nSPS) is 13.1. The van der Waals surface area contributed by atoms with Crippen LogP contribution >= 0.6 is 0 Å². The molecule has 0 radical (unpaired) electrons. The average Bonchev–Trinajstić information content (AvgIpc) is 3.06. The maximum atomic E-state index is 12.5. The number of hydrogen-bond donors (Lipinski definition) is 1. The standard InChI is InChI=1S/C15H18N2O7/c1-9(17(2)15(20)24-8-23-13(18)6-16)14(19)10-3-4-11-12(5-10)22-7-21-11/h3-5,9H,6-8,16H2,1-2H3. The largest absolute Gasteiger partial charge is 0.454 e. The quantitative estimate of drug-likeness (QED) is 0.453. The van der Waals surface area contributed by atoms with Gasteiger partial charge in [-0.15, -0.1) is 0 Å². The van der Waals surface area contributed by atoms with Gasteiger partial charge >= 0.3 is 12.1 Å². The summed E-state index contributed by atoms with van der Waals surface area (Å²) >= 11 is 0. The first-order valence-electron chi connectivity index (χ1n) is 7.13. The number of nitrogens with two attached hydrogens (primary N) is 1. The van der Waals surface area contributed by atoms with Gasteiger partial charge in [-0.05, 0) is 25.1 Å². The highest BCUT2D eigenvalue weighted by atomic mass is 16.7. The fraction of sp³-hybridized carbons (Fsp3) is 0.400. The third-order valence-electron chi connectivity index (χ3n) is 3.47. The van der Waals surface area contributed by atoms with Crippen molar-refractivity contribution in [3.63, 3.8) is 0 Å². The molecule has 1 amide bonds. The molecule has 2 N–H and O–H groups in total. The third-order valence-corrected chi connectivity index (χ3v) is 3.47. The lowest BCUT2D eigenvalue weighted by molar-refractivity contribution is -0.150. The molecule has 130 valence electrons. The van der Waals surface area contributed by atoms with Crippen molar-refractivity contribution in [2.75, 3.05) is 27.2 Å². The second kappa shape index (κ2) is 7.64. The molecule has 1 aromatic carbocycles. The molecule has 1 atom stereocenters. The minimum absolute atomic E-state index is 0.107. The smallest absolute Gasteiger partial charge is 0.413 e. The molecule has 0 aromatic heterocycles. The predicted octanol–water partition coefficient (Wildman–Crippen LogP) is 0.514. The summed E-state index contributed by atoms with van der Waals surface area (Å²) in [6, 6.07) is 3.99. The fourth-order valence-electron chi connectivity index (χ4n) is 1.93. The van der Waals surface area contributed by atoms with Crippen LogP contribution in [-0.2, 0) is 14.3 Å². The van der Waals surface area contributed by atoms with E-state index in [-0.39, 0.29) is 19.1 Å². The SMILES string of the molecule is CC(C(=O)c1ccc2c(c1)OCO2)N(C)C(=O)OCOC(=O)CN. The highest BCUT2D eigenvalue weighted by Gasteiger charge is 2.26. The minimum atomic E-state index is -0.804. The number of ketones is 1. The number of likely N-dealkylation sites (N-methyl/N-ethyl adjacent to an activating group) is 1. The van der Waals surface area contributed by atoms with Crippen LogP contribution in [0.3, 0.4) is 0 Å². The number of benzene rings is 1. The highest BCUT2D eigenvalue weighted by molar-refractivity contribution is 6.01. The van der Waals surface area contributed by atoms with Gasteiger partial charge in [-0.3, -0.25) is 9.59 Å². The maximum absolute atomic E-state index is 12.5. The molecule has 24 heavy (non-hydrogen) atoms. The minimum Gasteiger partial charge on any atom is -0.454 e. The molecule has 0 saturated carbocycles. The monoisotopic (exact) mass is 338 g/mol. The summed E-state index contributed by atoms with van der Waals surface area (Å²) in [5, 5.41) is 0. The van der Waals surface area contributed by atoms with Gasteiger partial charge in [-0.1, -0.05) is 0 Å². The van der Waals surface area contributed by atoms with Crippen molar-refractivity contribution in [2.45, 2.75) is 13.0 Å². The van der Waals surface area contributed by atoms with Gasteiger partial charge in [-0.2, -0.15) is 0 Å². The summed E-state index contributed by atoms with van der Waals surface area (Å²) in [6.45, 7) is 0.785. The topological polar surface area (TPSA) is 117 Å². The van der Waals surface area contributed by atoms with Gasteiger partial charge in [0.1, 0.15) is 0 Å². The maximum Gasteiger partial charge on any atom is 0.413 e. The lowest BCUT2D eigenvalue weighted by Gasteiger charge is -2.23. The van der Waals surface area contributed by atoms with Crippen molar-refractivity contribution in [2.24, 2.45) is 5.73 Å². The van der Waals surface area contributed by atoms with Crippen molar-refractivity contribution < 1.29 is 33.3 Å². The van der Waals surface area contributed by atoms with Gasteiger partial charge in [0.25, 0.3) is 0 Å². The molecular formula is C15H18N2O7. The van der Waals surface area contributed by atoms with Crippen LogP contribution in [0.15, 0.2) is 18.2 Å². The first-order valence-corrected chi connectivity index (χ1v) is 7.13. The second-order valence-electron chi connectivity index (χ2n) is 4.97. The third kappa shape index (κ3) is 3.93. The van der Waals surface area contributed by atoms with Crippen molar-refractivity contribution in [1.29, 1.82) is 0 Å². The number of esters is 1. The van der Waals surface area contributed by atoms with Gasteiger partial charge in [0.15, 0.2) is 17.3 Å². The van der Waals surface area contributed by atoms with E-state index in [4.69, 9.17) is 19.9 Å². The molecule has 9 heteroatoms. The van der Waals surface area contributed by atoms with Gasteiger partial charge in [0, 0.05) is 12.6 Å². The van der Waals surface area contributed by atoms with E-state index in [0.29, 0.717) is 17.1 Å². The van der Waals surface area contributed by atoms with E-state index in [1.165, 1.54) is 7.05 Å². The first-order chi connectivity index (χ1) is 11.4. The second-order valence-corrected chi connectivity index (χ2v) is 4.97. The molecule has 9 nitrogen and oxygen atoms in total. The van der Waals surface area contributed by atoms with E-state index in [1.807, 2.05) is 0 Å². The zero-order chi connectivity index (χ0) is 17.7. The summed E-state index contributed by atoms with van der Waals surface area (Å²) in [7, 11) is 1.41. The van der Waals surface area contributed by atoms with E-state index >= 15 is 0 Å². The van der Waals surface area contributed by atoms with Crippen LogP contribution in [0, 0.1) is 0 Å². The van der Waals surface area contributed by atoms with Crippen LogP contribution in [-0.4, -0.2) is 56.0 Å². The van der Waals surface area contributed by atoms with E-state index in [0.717, 1.165) is 4.90 Å². The van der Waals surface area contributed by atoms with Crippen LogP contribution in [0.25, 0.3) is 0 Å². The fourth-order valence-corrected chi connectivity index (χ4v) is 1.93. The average molecular weight is 338 g/mol. The molecule has 0 bridgehead atoms. The van der Waals surface area contributed by atoms with Gasteiger partial charge < -0.3 is 29.6 Å².